The van der Waals surface area contributed by atoms with Crippen molar-refractivity contribution >= 4 is 23.9 Å². The van der Waals surface area contributed by atoms with Gasteiger partial charge in [0.05, 0.1) is 16.7 Å². The van der Waals surface area contributed by atoms with Crippen molar-refractivity contribution < 1.29 is 109 Å². The van der Waals surface area contributed by atoms with Crippen molar-refractivity contribution in [3.05, 3.63) is 70.8 Å². The average molecular weight is 789 g/mol. The predicted molar refractivity (Wildman–Crippen MR) is 175 cm³/mol. The zero-order valence-electron chi connectivity index (χ0n) is 27.7. The second-order valence-electron chi connectivity index (χ2n) is 11.7. The van der Waals surface area contributed by atoms with Gasteiger partial charge in [0, 0.05) is 0 Å². The van der Waals surface area contributed by atoms with E-state index < -0.39 is 152 Å². The Labute approximate surface area is 310 Å². The van der Waals surface area contributed by atoms with Gasteiger partial charge in [0.1, 0.15) is 24.4 Å². The molecule has 22 nitrogen and oxygen atoms in total. The van der Waals surface area contributed by atoms with Gasteiger partial charge in [0.15, 0.2) is 75.5 Å². The average Bonchev–Trinajstić information content (AvgIpc) is 3.14. The first-order valence-electron chi connectivity index (χ1n) is 15.4. The maximum absolute atomic E-state index is 13.3. The van der Waals surface area contributed by atoms with Gasteiger partial charge >= 0.3 is 23.9 Å². The normalized spacial score (nSPS) is 19.1. The van der Waals surface area contributed by atoms with Gasteiger partial charge in [-0.05, 0) is 48.5 Å². The summed E-state index contributed by atoms with van der Waals surface area (Å²) in [4.78, 5) is 52.7. The number of ether oxygens (including phenoxy) is 5. The van der Waals surface area contributed by atoms with Crippen LogP contribution >= 0.6 is 0 Å². The first-order valence-corrected chi connectivity index (χ1v) is 15.4. The molecule has 1 fully saturated rings. The van der Waals surface area contributed by atoms with Crippen LogP contribution in [0.1, 0.15) is 41.4 Å². The second kappa shape index (κ2) is 15.3. The van der Waals surface area contributed by atoms with Gasteiger partial charge in [0.25, 0.3) is 0 Å². The van der Waals surface area contributed by atoms with Crippen LogP contribution in [-0.2, 0) is 23.7 Å². The van der Waals surface area contributed by atoms with Crippen molar-refractivity contribution in [3.63, 3.8) is 0 Å². The first-order chi connectivity index (χ1) is 26.3. The molecule has 4 aromatic carbocycles. The number of phenols is 12. The SMILES string of the molecule is O=C(OC1OC(COC(=O)c2ccc(O)c(O)c2O)C(OC(=O)c2cc(O)c(O)c(O)c2)C(O)C1OC(=O)c1cc(O)c(O)c(O)c1)c1cc(O)c(O)c(O)c1. The molecule has 13 N–H and O–H groups in total. The first kappa shape index (κ1) is 39.5. The lowest BCUT2D eigenvalue weighted by atomic mass is 9.98. The molecule has 5 unspecified atom stereocenters. The van der Waals surface area contributed by atoms with Gasteiger partial charge in [-0.25, -0.2) is 19.2 Å². The smallest absolute Gasteiger partial charge is 0.342 e. The Morgan fingerprint density at radius 3 is 1.30 bits per heavy atom. The second-order valence-corrected chi connectivity index (χ2v) is 11.7. The summed E-state index contributed by atoms with van der Waals surface area (Å²) in [6.07, 6.45) is -11.2. The number of rotatable bonds is 9. The summed E-state index contributed by atoms with van der Waals surface area (Å²) in [5, 5.41) is 130. The van der Waals surface area contributed by atoms with Crippen LogP contribution in [0, 0.1) is 0 Å². The van der Waals surface area contributed by atoms with E-state index in [-0.39, 0.29) is 0 Å². The highest BCUT2D eigenvalue weighted by atomic mass is 16.7. The Bertz CT molecular complexity index is 2160. The van der Waals surface area contributed by atoms with Gasteiger partial charge in [-0.1, -0.05) is 0 Å². The zero-order chi connectivity index (χ0) is 41.3. The summed E-state index contributed by atoms with van der Waals surface area (Å²) in [6, 6.07) is 5.32. The molecule has 0 spiro atoms. The van der Waals surface area contributed by atoms with E-state index in [1.807, 2.05) is 0 Å². The van der Waals surface area contributed by atoms with E-state index in [1.165, 1.54) is 0 Å². The number of aliphatic hydroxyl groups excluding tert-OH is 1. The zero-order valence-corrected chi connectivity index (χ0v) is 27.7. The third-order valence-corrected chi connectivity index (χ3v) is 7.97. The Hall–Kier alpha value is -7.72. The van der Waals surface area contributed by atoms with Gasteiger partial charge in [-0.2, -0.15) is 0 Å². The molecule has 1 heterocycles. The van der Waals surface area contributed by atoms with Crippen LogP contribution in [0.3, 0.4) is 0 Å². The molecular weight excluding hydrogens is 760 g/mol. The van der Waals surface area contributed by atoms with Crippen molar-refractivity contribution in [3.8, 4) is 69.0 Å². The number of benzene rings is 4. The summed E-state index contributed by atoms with van der Waals surface area (Å²) >= 11 is 0. The van der Waals surface area contributed by atoms with E-state index in [2.05, 4.69) is 0 Å². The molecule has 56 heavy (non-hydrogen) atoms. The van der Waals surface area contributed by atoms with Crippen LogP contribution in [0.5, 0.6) is 69.0 Å². The number of aliphatic hydroxyl groups is 1. The molecule has 296 valence electrons. The van der Waals surface area contributed by atoms with Crippen LogP contribution in [0.4, 0.5) is 0 Å². The minimum atomic E-state index is -2.41. The summed E-state index contributed by atoms with van der Waals surface area (Å²) in [6.45, 7) is -1.11. The molecule has 0 bridgehead atoms. The van der Waals surface area contributed by atoms with Crippen molar-refractivity contribution in [1.29, 1.82) is 0 Å². The van der Waals surface area contributed by atoms with Crippen molar-refractivity contribution in [2.45, 2.75) is 30.7 Å². The monoisotopic (exact) mass is 788 g/mol. The van der Waals surface area contributed by atoms with E-state index in [4.69, 9.17) is 23.7 Å². The van der Waals surface area contributed by atoms with Crippen molar-refractivity contribution in [2.75, 3.05) is 6.61 Å². The highest BCUT2D eigenvalue weighted by Crippen LogP contribution is 2.40. The van der Waals surface area contributed by atoms with E-state index in [0.717, 1.165) is 12.1 Å². The molecule has 1 saturated heterocycles. The van der Waals surface area contributed by atoms with Crippen LogP contribution in [0.25, 0.3) is 0 Å². The van der Waals surface area contributed by atoms with Gasteiger partial charge in [-0.3, -0.25) is 0 Å². The largest absolute Gasteiger partial charge is 0.504 e. The summed E-state index contributed by atoms with van der Waals surface area (Å²) in [5.41, 5.74) is -2.78. The lowest BCUT2D eigenvalue weighted by Crippen LogP contribution is -2.62. The summed E-state index contributed by atoms with van der Waals surface area (Å²) in [5.74, 6) is -18.2. The van der Waals surface area contributed by atoms with E-state index in [1.54, 1.807) is 0 Å². The maximum atomic E-state index is 13.3. The molecular formula is C34H28O22. The number of aromatic hydroxyl groups is 12. The number of esters is 4. The molecule has 1 aliphatic rings. The third-order valence-electron chi connectivity index (χ3n) is 7.97. The van der Waals surface area contributed by atoms with E-state index in [0.29, 0.717) is 36.4 Å². The summed E-state index contributed by atoms with van der Waals surface area (Å²) < 4.78 is 26.7. The molecule has 4 aromatic rings. The van der Waals surface area contributed by atoms with Crippen LogP contribution < -0.4 is 0 Å². The molecule has 5 rings (SSSR count). The van der Waals surface area contributed by atoms with Crippen molar-refractivity contribution in [2.24, 2.45) is 0 Å². The summed E-state index contributed by atoms with van der Waals surface area (Å²) in [7, 11) is 0. The highest BCUT2D eigenvalue weighted by Gasteiger charge is 2.52. The van der Waals surface area contributed by atoms with Gasteiger partial charge in [-0.15, -0.1) is 0 Å². The molecule has 1 aliphatic heterocycles. The standard InChI is InChI=1S/C34H28O22/c35-14-2-1-13(22(42)26(14)46)33(51)52-9-21-28(54-30(48)10-3-15(36)23(43)16(37)4-10)27(47)29(55-31(49)11-5-17(38)24(44)18(39)6-11)34(53-21)56-32(50)12-7-19(40)25(45)20(41)8-12/h1-8,21,27-29,34-47H,9H2. The predicted octanol–water partition coefficient (Wildman–Crippen LogP) is 0.705. The van der Waals surface area contributed by atoms with Gasteiger partial charge < -0.3 is 90.1 Å². The fraction of sp³-hybridized carbons (Fsp3) is 0.176. The van der Waals surface area contributed by atoms with Crippen molar-refractivity contribution in [1.82, 2.24) is 0 Å². The van der Waals surface area contributed by atoms with E-state index in [9.17, 15) is 85.6 Å². The number of phenolic OH excluding ortho intramolecular Hbond substituents is 12. The minimum absolute atomic E-state index is 0.608. The quantitative estimate of drug-likeness (QED) is 0.0630. The molecule has 0 aromatic heterocycles. The maximum Gasteiger partial charge on any atom is 0.342 e. The molecule has 22 heteroatoms. The van der Waals surface area contributed by atoms with Gasteiger partial charge in [0.2, 0.25) is 12.0 Å². The number of carbonyl (C=O) groups is 4. The fourth-order valence-electron chi connectivity index (χ4n) is 5.09. The Kier molecular flexibility index (Phi) is 10.8. The number of hydrogen-bond donors (Lipinski definition) is 13. The third kappa shape index (κ3) is 7.80. The number of hydrogen-bond acceptors (Lipinski definition) is 22. The highest BCUT2D eigenvalue weighted by molar-refractivity contribution is 5.94. The fourth-order valence-corrected chi connectivity index (χ4v) is 5.09. The topological polar surface area (TPSA) is 377 Å². The Morgan fingerprint density at radius 1 is 0.482 bits per heavy atom. The lowest BCUT2D eigenvalue weighted by Gasteiger charge is -2.42. The number of carbonyl (C=O) groups excluding carboxylic acids is 4. The Morgan fingerprint density at radius 2 is 0.875 bits per heavy atom. The van der Waals surface area contributed by atoms with Crippen LogP contribution in [-0.4, -0.2) is 128 Å². The van der Waals surface area contributed by atoms with Crippen LogP contribution in [0.2, 0.25) is 0 Å². The van der Waals surface area contributed by atoms with E-state index >= 15 is 0 Å². The molecule has 0 aliphatic carbocycles. The molecule has 5 atom stereocenters. The minimum Gasteiger partial charge on any atom is -0.504 e. The molecule has 0 amide bonds. The molecule has 0 saturated carbocycles. The Balaban J connectivity index is 1.54. The molecule has 0 radical (unpaired) electrons. The lowest BCUT2D eigenvalue weighted by molar-refractivity contribution is -0.283. The van der Waals surface area contributed by atoms with Crippen LogP contribution in [0.15, 0.2) is 48.5 Å².